The van der Waals surface area contributed by atoms with Crippen LogP contribution < -0.4 is 0 Å². The lowest BCUT2D eigenvalue weighted by Crippen LogP contribution is -2.02. The van der Waals surface area contributed by atoms with Crippen molar-refractivity contribution in [1.82, 2.24) is 0 Å². The van der Waals surface area contributed by atoms with Gasteiger partial charge in [0.25, 0.3) is 4.90 Å². The summed E-state index contributed by atoms with van der Waals surface area (Å²) in [4.78, 5) is -0.783. The highest BCUT2D eigenvalue weighted by Gasteiger charge is 2.36. The Hall–Kier alpha value is -2.47. The fourth-order valence-corrected chi connectivity index (χ4v) is 5.57. The summed E-state index contributed by atoms with van der Waals surface area (Å²) in [5.41, 5.74) is 1.89. The van der Waals surface area contributed by atoms with E-state index >= 15 is 0 Å². The van der Waals surface area contributed by atoms with Gasteiger partial charge in [0.1, 0.15) is 0 Å². The maximum atomic E-state index is 14.5. The van der Waals surface area contributed by atoms with E-state index in [9.17, 15) is 22.0 Å². The van der Waals surface area contributed by atoms with Crippen molar-refractivity contribution in [2.45, 2.75) is 13.8 Å². The summed E-state index contributed by atoms with van der Waals surface area (Å²) < 4.78 is 71.1. The van der Waals surface area contributed by atoms with Crippen LogP contribution >= 0.6 is 10.5 Å². The van der Waals surface area contributed by atoms with Gasteiger partial charge in [-0.3, -0.25) is 0 Å². The molecule has 0 aliphatic carbocycles. The van der Waals surface area contributed by atoms with E-state index < -0.39 is 44.5 Å². The highest BCUT2D eigenvalue weighted by molar-refractivity contribution is 7.50. The molecule has 0 N–H and O–H groups in total. The Morgan fingerprint density at radius 1 is 0.577 bits per heavy atom. The van der Waals surface area contributed by atoms with Crippen molar-refractivity contribution in [2.75, 3.05) is 0 Å². The number of fused-ring (bicyclic) bond motifs is 3. The van der Waals surface area contributed by atoms with E-state index in [2.05, 4.69) is 0 Å². The molecule has 4 rings (SSSR count). The Bertz CT molecular complexity index is 1120. The van der Waals surface area contributed by atoms with E-state index in [1.807, 2.05) is 26.0 Å². The predicted molar refractivity (Wildman–Crippen MR) is 94.5 cm³/mol. The lowest BCUT2D eigenvalue weighted by molar-refractivity contribution is 0.383. The number of hydrogen-bond donors (Lipinski definition) is 0. The van der Waals surface area contributed by atoms with Gasteiger partial charge in [0.05, 0.1) is 0 Å². The van der Waals surface area contributed by atoms with E-state index in [1.165, 1.54) is 0 Å². The third-order valence-corrected chi connectivity index (χ3v) is 6.73. The molecule has 0 saturated heterocycles. The average molecular weight is 379 g/mol. The molecular formula is C20H12F5S+. The minimum atomic E-state index is -2.14. The third-order valence-electron chi connectivity index (χ3n) is 4.37. The smallest absolute Gasteiger partial charge is 0.200 e. The molecular weight excluding hydrogens is 367 g/mol. The van der Waals surface area contributed by atoms with Crippen LogP contribution in [0.3, 0.4) is 0 Å². The van der Waals surface area contributed by atoms with E-state index in [1.54, 1.807) is 24.3 Å². The molecule has 0 nitrogen and oxygen atoms in total. The zero-order chi connectivity index (χ0) is 18.7. The average Bonchev–Trinajstić information content (AvgIpc) is 2.92. The number of thiophene rings is 1. The van der Waals surface area contributed by atoms with E-state index in [0.29, 0.717) is 9.40 Å². The van der Waals surface area contributed by atoms with Crippen molar-refractivity contribution >= 4 is 30.6 Å². The fraction of sp³-hybridized carbons (Fsp3) is 0.100. The molecule has 0 amide bonds. The first-order valence-corrected chi connectivity index (χ1v) is 9.01. The molecule has 26 heavy (non-hydrogen) atoms. The molecule has 132 valence electrons. The van der Waals surface area contributed by atoms with Crippen LogP contribution in [0.1, 0.15) is 11.1 Å². The van der Waals surface area contributed by atoms with Crippen LogP contribution in [0.15, 0.2) is 36.4 Å². The Balaban J connectivity index is 2.26. The molecule has 0 fully saturated rings. The number of benzene rings is 3. The van der Waals surface area contributed by atoms with Crippen molar-refractivity contribution in [3.05, 3.63) is 76.6 Å². The van der Waals surface area contributed by atoms with Crippen LogP contribution in [0.25, 0.3) is 25.1 Å². The molecule has 3 aromatic carbocycles. The summed E-state index contributed by atoms with van der Waals surface area (Å²) in [7, 11) is -1.41. The zero-order valence-electron chi connectivity index (χ0n) is 13.8. The lowest BCUT2D eigenvalue weighted by atomic mass is 10.1. The summed E-state index contributed by atoms with van der Waals surface area (Å²) in [6.45, 7) is 3.76. The third kappa shape index (κ3) is 2.25. The van der Waals surface area contributed by atoms with Crippen molar-refractivity contribution in [1.29, 1.82) is 0 Å². The van der Waals surface area contributed by atoms with Crippen LogP contribution in [-0.4, -0.2) is 0 Å². The van der Waals surface area contributed by atoms with Crippen LogP contribution in [-0.2, 0) is 0 Å². The van der Waals surface area contributed by atoms with Gasteiger partial charge in [-0.15, -0.1) is 0 Å². The van der Waals surface area contributed by atoms with Gasteiger partial charge in [-0.1, -0.05) is 23.3 Å². The Morgan fingerprint density at radius 3 is 1.38 bits per heavy atom. The predicted octanol–water partition coefficient (Wildman–Crippen LogP) is 7.04. The van der Waals surface area contributed by atoms with Crippen LogP contribution in [0.4, 0.5) is 22.0 Å². The molecule has 0 radical (unpaired) electrons. The largest absolute Gasteiger partial charge is 0.257 e. The second kappa shape index (κ2) is 5.77. The monoisotopic (exact) mass is 379 g/mol. The summed E-state index contributed by atoms with van der Waals surface area (Å²) in [6, 6.07) is 10.7. The van der Waals surface area contributed by atoms with Gasteiger partial charge in [-0.05, 0) is 38.1 Å². The van der Waals surface area contributed by atoms with Gasteiger partial charge < -0.3 is 0 Å². The molecule has 0 unspecified atom stereocenters. The highest BCUT2D eigenvalue weighted by Crippen LogP contribution is 2.51. The molecule has 0 atom stereocenters. The van der Waals surface area contributed by atoms with Crippen LogP contribution in [0.5, 0.6) is 0 Å². The molecule has 0 spiro atoms. The molecule has 1 aromatic heterocycles. The molecule has 1 heterocycles. The Kier molecular flexibility index (Phi) is 3.77. The van der Waals surface area contributed by atoms with Gasteiger partial charge in [0.2, 0.25) is 29.1 Å². The summed E-state index contributed by atoms with van der Waals surface area (Å²) in [5.74, 6) is -9.52. The van der Waals surface area contributed by atoms with Crippen LogP contribution in [0.2, 0.25) is 0 Å². The Labute approximate surface area is 148 Å². The normalized spacial score (nSPS) is 11.7. The quantitative estimate of drug-likeness (QED) is 0.144. The van der Waals surface area contributed by atoms with Gasteiger partial charge >= 0.3 is 0 Å². The topological polar surface area (TPSA) is 0 Å². The van der Waals surface area contributed by atoms with Gasteiger partial charge in [-0.25, -0.2) is 13.2 Å². The molecule has 4 aromatic rings. The molecule has 6 heteroatoms. The van der Waals surface area contributed by atoms with Gasteiger partial charge in [0.15, 0.2) is 9.40 Å². The minimum absolute atomic E-state index is 0.555. The minimum Gasteiger partial charge on any atom is -0.200 e. The first kappa shape index (κ1) is 17.0. The fourth-order valence-electron chi connectivity index (χ4n) is 3.17. The van der Waals surface area contributed by atoms with Crippen molar-refractivity contribution in [3.8, 4) is 4.90 Å². The standard InChI is InChI=1S/C20H12F5S/c1-9-3-5-13-11(7-9)12-8-10(2)4-6-14(12)26(13)20-18(24)16(22)15(21)17(23)19(20)25/h3-8H,1-2H3/q+1. The molecule has 0 aliphatic rings. The summed E-state index contributed by atoms with van der Waals surface area (Å²) >= 11 is 0. The molecule has 0 saturated carbocycles. The Morgan fingerprint density at radius 2 is 0.962 bits per heavy atom. The van der Waals surface area contributed by atoms with Crippen molar-refractivity contribution in [2.24, 2.45) is 0 Å². The van der Waals surface area contributed by atoms with Crippen molar-refractivity contribution in [3.63, 3.8) is 0 Å². The maximum absolute atomic E-state index is 14.5. The second-order valence-electron chi connectivity index (χ2n) is 6.20. The first-order chi connectivity index (χ1) is 12.3. The number of halogens is 5. The molecule has 0 aliphatic heterocycles. The first-order valence-electron chi connectivity index (χ1n) is 7.78. The van der Waals surface area contributed by atoms with Gasteiger partial charge in [0, 0.05) is 21.2 Å². The lowest BCUT2D eigenvalue weighted by Gasteiger charge is -2.02. The van der Waals surface area contributed by atoms with E-state index in [-0.39, 0.29) is 0 Å². The summed E-state index contributed by atoms with van der Waals surface area (Å²) in [5, 5.41) is 1.52. The highest BCUT2D eigenvalue weighted by atomic mass is 32.2. The van der Waals surface area contributed by atoms with E-state index in [0.717, 1.165) is 21.9 Å². The van der Waals surface area contributed by atoms with Crippen molar-refractivity contribution < 1.29 is 22.0 Å². The second-order valence-corrected chi connectivity index (χ2v) is 8.10. The molecule has 0 bridgehead atoms. The van der Waals surface area contributed by atoms with Gasteiger partial charge in [-0.2, -0.15) is 8.78 Å². The number of aryl methyl sites for hydroxylation is 2. The maximum Gasteiger partial charge on any atom is 0.257 e. The zero-order valence-corrected chi connectivity index (χ0v) is 14.6. The SMILES string of the molecule is Cc1ccc2c(c1)c1cc(C)ccc1[s+]2-c1c(F)c(F)c(F)c(F)c1F. The van der Waals surface area contributed by atoms with E-state index in [4.69, 9.17) is 0 Å². The van der Waals surface area contributed by atoms with Crippen LogP contribution in [0, 0.1) is 42.9 Å². The number of hydrogen-bond acceptors (Lipinski definition) is 0. The summed E-state index contributed by atoms with van der Waals surface area (Å²) in [6.07, 6.45) is 0. The number of rotatable bonds is 1.